The maximum absolute atomic E-state index is 12.2. The molecule has 0 fully saturated rings. The SMILES string of the molecule is Cc1ccc(/C=C/C(=O)OCC(=O)c2ccc3c(c2)OCCO3)cc1Cl. The average Bonchev–Trinajstić information content (AvgIpc) is 2.66. The first-order valence-corrected chi connectivity index (χ1v) is 8.44. The maximum atomic E-state index is 12.2. The zero-order valence-electron chi connectivity index (χ0n) is 14.2. The molecular weight excluding hydrogens is 356 g/mol. The lowest BCUT2D eigenvalue weighted by atomic mass is 10.1. The Labute approximate surface area is 156 Å². The van der Waals surface area contributed by atoms with Gasteiger partial charge < -0.3 is 14.2 Å². The Balaban J connectivity index is 1.56. The number of carbonyl (C=O) groups is 2. The van der Waals surface area contributed by atoms with Gasteiger partial charge in [-0.2, -0.15) is 0 Å². The second-order valence-electron chi connectivity index (χ2n) is 5.73. The molecule has 6 heteroatoms. The van der Waals surface area contributed by atoms with Crippen LogP contribution in [0.5, 0.6) is 11.5 Å². The number of ether oxygens (including phenoxy) is 3. The third kappa shape index (κ3) is 4.43. The van der Waals surface area contributed by atoms with E-state index in [2.05, 4.69) is 0 Å². The summed E-state index contributed by atoms with van der Waals surface area (Å²) in [6.45, 7) is 2.47. The average molecular weight is 373 g/mol. The van der Waals surface area contributed by atoms with E-state index in [0.29, 0.717) is 35.3 Å². The number of Topliss-reactive ketones (excluding diaryl/α,β-unsaturated/α-hetero) is 1. The molecule has 2 aromatic carbocycles. The van der Waals surface area contributed by atoms with Crippen LogP contribution < -0.4 is 9.47 Å². The van der Waals surface area contributed by atoms with Crippen LogP contribution in [0.15, 0.2) is 42.5 Å². The van der Waals surface area contributed by atoms with Crippen LogP contribution in [0.2, 0.25) is 5.02 Å². The van der Waals surface area contributed by atoms with Gasteiger partial charge in [-0.05, 0) is 48.4 Å². The minimum Gasteiger partial charge on any atom is -0.486 e. The Morgan fingerprint density at radius 3 is 2.65 bits per heavy atom. The largest absolute Gasteiger partial charge is 0.486 e. The maximum Gasteiger partial charge on any atom is 0.331 e. The zero-order chi connectivity index (χ0) is 18.5. The van der Waals surface area contributed by atoms with E-state index in [4.69, 9.17) is 25.8 Å². The summed E-state index contributed by atoms with van der Waals surface area (Å²) in [7, 11) is 0. The summed E-state index contributed by atoms with van der Waals surface area (Å²) in [5.74, 6) is 0.198. The van der Waals surface area contributed by atoms with Crippen molar-refractivity contribution in [2.45, 2.75) is 6.92 Å². The Bertz CT molecular complexity index is 873. The number of benzene rings is 2. The summed E-state index contributed by atoms with van der Waals surface area (Å²) in [6, 6.07) is 10.3. The van der Waals surface area contributed by atoms with Gasteiger partial charge in [-0.3, -0.25) is 4.79 Å². The van der Waals surface area contributed by atoms with E-state index in [1.807, 2.05) is 19.1 Å². The smallest absolute Gasteiger partial charge is 0.331 e. The highest BCUT2D eigenvalue weighted by Crippen LogP contribution is 2.30. The van der Waals surface area contributed by atoms with Crippen molar-refractivity contribution in [2.75, 3.05) is 19.8 Å². The van der Waals surface area contributed by atoms with E-state index in [1.165, 1.54) is 6.08 Å². The van der Waals surface area contributed by atoms with Crippen molar-refractivity contribution in [1.82, 2.24) is 0 Å². The van der Waals surface area contributed by atoms with Crippen molar-refractivity contribution < 1.29 is 23.8 Å². The fraction of sp³-hybridized carbons (Fsp3) is 0.200. The number of rotatable bonds is 5. The molecule has 0 amide bonds. The normalized spacial score (nSPS) is 12.8. The van der Waals surface area contributed by atoms with Crippen LogP contribution >= 0.6 is 11.6 Å². The van der Waals surface area contributed by atoms with E-state index < -0.39 is 5.97 Å². The molecule has 2 aromatic rings. The highest BCUT2D eigenvalue weighted by molar-refractivity contribution is 6.31. The number of hydrogen-bond acceptors (Lipinski definition) is 5. The lowest BCUT2D eigenvalue weighted by Gasteiger charge is -2.18. The van der Waals surface area contributed by atoms with Crippen molar-refractivity contribution in [3.8, 4) is 11.5 Å². The van der Waals surface area contributed by atoms with Crippen molar-refractivity contribution in [3.63, 3.8) is 0 Å². The number of aryl methyl sites for hydroxylation is 1. The van der Waals surface area contributed by atoms with Crippen LogP contribution in [0, 0.1) is 6.92 Å². The first-order chi connectivity index (χ1) is 12.5. The lowest BCUT2D eigenvalue weighted by molar-refractivity contribution is -0.136. The Kier molecular flexibility index (Phi) is 5.58. The van der Waals surface area contributed by atoms with Crippen molar-refractivity contribution in [1.29, 1.82) is 0 Å². The molecule has 1 aliphatic rings. The number of ketones is 1. The molecule has 0 saturated heterocycles. The van der Waals surface area contributed by atoms with Crippen LogP contribution in [-0.4, -0.2) is 31.6 Å². The summed E-state index contributed by atoms with van der Waals surface area (Å²) in [5, 5.41) is 0.620. The molecule has 0 radical (unpaired) electrons. The highest BCUT2D eigenvalue weighted by Gasteiger charge is 2.15. The molecule has 0 N–H and O–H groups in total. The van der Waals surface area contributed by atoms with Gasteiger partial charge in [0.15, 0.2) is 23.9 Å². The molecule has 0 atom stereocenters. The number of esters is 1. The molecule has 1 heterocycles. The summed E-state index contributed by atoms with van der Waals surface area (Å²) < 4.78 is 15.8. The molecule has 0 saturated carbocycles. The minimum atomic E-state index is -0.604. The third-order valence-corrected chi connectivity index (χ3v) is 4.22. The van der Waals surface area contributed by atoms with Crippen LogP contribution in [0.25, 0.3) is 6.08 Å². The first-order valence-electron chi connectivity index (χ1n) is 8.07. The van der Waals surface area contributed by atoms with Gasteiger partial charge in [0.05, 0.1) is 0 Å². The van der Waals surface area contributed by atoms with E-state index in [1.54, 1.807) is 30.3 Å². The third-order valence-electron chi connectivity index (χ3n) is 3.82. The fourth-order valence-corrected chi connectivity index (χ4v) is 2.55. The Morgan fingerprint density at radius 2 is 1.88 bits per heavy atom. The van der Waals surface area contributed by atoms with Crippen LogP contribution in [-0.2, 0) is 9.53 Å². The van der Waals surface area contributed by atoms with E-state index in [9.17, 15) is 9.59 Å². The topological polar surface area (TPSA) is 61.8 Å². The standard InChI is InChI=1S/C20H17ClO5/c1-13-2-3-14(10-16(13)21)4-7-20(23)26-12-17(22)15-5-6-18-19(11-15)25-9-8-24-18/h2-7,10-11H,8-9,12H2,1H3/b7-4+. The van der Waals surface area contributed by atoms with Crippen LogP contribution in [0.3, 0.4) is 0 Å². The minimum absolute atomic E-state index is 0.317. The van der Waals surface area contributed by atoms with Crippen molar-refractivity contribution in [3.05, 3.63) is 64.2 Å². The fourth-order valence-electron chi connectivity index (χ4n) is 2.36. The predicted molar refractivity (Wildman–Crippen MR) is 97.9 cm³/mol. The van der Waals surface area contributed by atoms with Crippen molar-refractivity contribution >= 4 is 29.4 Å². The molecule has 0 aromatic heterocycles. The van der Waals surface area contributed by atoms with E-state index >= 15 is 0 Å². The molecule has 1 aliphatic heterocycles. The number of halogens is 1. The number of fused-ring (bicyclic) bond motifs is 1. The van der Waals surface area contributed by atoms with Gasteiger partial charge in [0.1, 0.15) is 13.2 Å². The number of carbonyl (C=O) groups excluding carboxylic acids is 2. The Morgan fingerprint density at radius 1 is 1.12 bits per heavy atom. The Hall–Kier alpha value is -2.79. The lowest BCUT2D eigenvalue weighted by Crippen LogP contribution is -2.17. The zero-order valence-corrected chi connectivity index (χ0v) is 14.9. The molecule has 0 aliphatic carbocycles. The molecule has 5 nitrogen and oxygen atoms in total. The molecule has 134 valence electrons. The summed E-state index contributed by atoms with van der Waals surface area (Å²) in [6.07, 6.45) is 2.85. The van der Waals surface area contributed by atoms with E-state index in [0.717, 1.165) is 11.1 Å². The first kappa shape index (κ1) is 18.0. The second-order valence-corrected chi connectivity index (χ2v) is 6.14. The number of hydrogen-bond donors (Lipinski definition) is 0. The van der Waals surface area contributed by atoms with Gasteiger partial charge in [0, 0.05) is 16.7 Å². The summed E-state index contributed by atoms with van der Waals surface area (Å²) in [4.78, 5) is 24.0. The second kappa shape index (κ2) is 8.06. The van der Waals surface area contributed by atoms with Crippen LogP contribution in [0.1, 0.15) is 21.5 Å². The van der Waals surface area contributed by atoms with Gasteiger partial charge in [-0.25, -0.2) is 4.79 Å². The monoisotopic (exact) mass is 372 g/mol. The molecule has 0 spiro atoms. The predicted octanol–water partition coefficient (Wildman–Crippen LogP) is 3.86. The van der Waals surface area contributed by atoms with Gasteiger partial charge in [-0.15, -0.1) is 0 Å². The van der Waals surface area contributed by atoms with E-state index in [-0.39, 0.29) is 12.4 Å². The quantitative estimate of drug-likeness (QED) is 0.453. The molecule has 0 bridgehead atoms. The van der Waals surface area contributed by atoms with Gasteiger partial charge in [0.2, 0.25) is 0 Å². The van der Waals surface area contributed by atoms with Crippen LogP contribution in [0.4, 0.5) is 0 Å². The van der Waals surface area contributed by atoms with Gasteiger partial charge in [-0.1, -0.05) is 23.7 Å². The van der Waals surface area contributed by atoms with Gasteiger partial charge in [0.25, 0.3) is 0 Å². The molecular formula is C20H17ClO5. The molecule has 26 heavy (non-hydrogen) atoms. The molecule has 0 unspecified atom stereocenters. The summed E-state index contributed by atoms with van der Waals surface area (Å²) in [5.41, 5.74) is 2.13. The van der Waals surface area contributed by atoms with Crippen molar-refractivity contribution in [2.24, 2.45) is 0 Å². The van der Waals surface area contributed by atoms with Gasteiger partial charge >= 0.3 is 5.97 Å². The molecule has 3 rings (SSSR count). The highest BCUT2D eigenvalue weighted by atomic mass is 35.5. The summed E-state index contributed by atoms with van der Waals surface area (Å²) >= 11 is 6.04.